The topological polar surface area (TPSA) is 51.1 Å². The van der Waals surface area contributed by atoms with Crippen molar-refractivity contribution >= 4 is 29.9 Å². The largest absolute Gasteiger partial charge is 0.393 e. The fraction of sp³-hybridized carbons (Fsp3) is 0.947. The molecule has 5 nitrogen and oxygen atoms in total. The normalized spacial score (nSPS) is 24.7. The quantitative estimate of drug-likeness (QED) is 0.284. The van der Waals surface area contributed by atoms with Crippen molar-refractivity contribution in [2.45, 2.75) is 64.4 Å². The number of aliphatic hydroxyl groups excluding tert-OH is 1. The summed E-state index contributed by atoms with van der Waals surface area (Å²) < 4.78 is 0. The summed E-state index contributed by atoms with van der Waals surface area (Å²) in [7, 11) is 0. The van der Waals surface area contributed by atoms with Crippen LogP contribution in [0.25, 0.3) is 0 Å². The van der Waals surface area contributed by atoms with Crippen LogP contribution in [-0.4, -0.2) is 72.8 Å². The Morgan fingerprint density at radius 1 is 1.16 bits per heavy atom. The van der Waals surface area contributed by atoms with Crippen molar-refractivity contribution in [2.24, 2.45) is 10.4 Å². The molecule has 1 saturated carbocycles. The summed E-state index contributed by atoms with van der Waals surface area (Å²) in [5.41, 5.74) is 0.602. The average Bonchev–Trinajstić information content (AvgIpc) is 3.22. The second-order valence-electron chi connectivity index (χ2n) is 8.04. The molecule has 2 aliphatic heterocycles. The van der Waals surface area contributed by atoms with Crippen LogP contribution in [0.2, 0.25) is 0 Å². The zero-order valence-electron chi connectivity index (χ0n) is 15.9. The van der Waals surface area contributed by atoms with Crippen LogP contribution < -0.4 is 5.32 Å². The highest BCUT2D eigenvalue weighted by Gasteiger charge is 2.41. The zero-order valence-corrected chi connectivity index (χ0v) is 18.2. The summed E-state index contributed by atoms with van der Waals surface area (Å²) in [4.78, 5) is 9.88. The van der Waals surface area contributed by atoms with E-state index in [1.54, 1.807) is 0 Å². The van der Waals surface area contributed by atoms with E-state index in [9.17, 15) is 5.11 Å². The Balaban J connectivity index is 0.00000225. The van der Waals surface area contributed by atoms with Crippen molar-refractivity contribution < 1.29 is 5.11 Å². The molecular weight excluding hydrogens is 427 g/mol. The van der Waals surface area contributed by atoms with E-state index in [-0.39, 0.29) is 30.1 Å². The Morgan fingerprint density at radius 2 is 1.88 bits per heavy atom. The number of hydrogen-bond donors (Lipinski definition) is 2. The molecule has 2 heterocycles. The van der Waals surface area contributed by atoms with E-state index < -0.39 is 0 Å². The molecule has 146 valence electrons. The molecule has 0 unspecified atom stereocenters. The lowest BCUT2D eigenvalue weighted by Gasteiger charge is -2.29. The van der Waals surface area contributed by atoms with E-state index in [4.69, 9.17) is 4.99 Å². The maximum atomic E-state index is 9.58. The first-order valence-corrected chi connectivity index (χ1v) is 10.1. The molecule has 0 bridgehead atoms. The van der Waals surface area contributed by atoms with Crippen molar-refractivity contribution in [3.63, 3.8) is 0 Å². The Kier molecular flexibility index (Phi) is 8.75. The minimum atomic E-state index is -0.0716. The van der Waals surface area contributed by atoms with Crippen molar-refractivity contribution in [1.82, 2.24) is 15.1 Å². The Hall–Kier alpha value is -0.0800. The van der Waals surface area contributed by atoms with Crippen LogP contribution in [0, 0.1) is 5.41 Å². The van der Waals surface area contributed by atoms with E-state index in [2.05, 4.69) is 22.0 Å². The van der Waals surface area contributed by atoms with Crippen LogP contribution in [0.3, 0.4) is 0 Å². The molecule has 0 radical (unpaired) electrons. The van der Waals surface area contributed by atoms with Gasteiger partial charge in [0.05, 0.1) is 6.10 Å². The van der Waals surface area contributed by atoms with Gasteiger partial charge in [-0.25, -0.2) is 0 Å². The van der Waals surface area contributed by atoms with Gasteiger partial charge in [0.2, 0.25) is 0 Å². The van der Waals surface area contributed by atoms with Gasteiger partial charge in [-0.3, -0.25) is 4.99 Å². The molecule has 1 aliphatic carbocycles. The summed E-state index contributed by atoms with van der Waals surface area (Å²) in [5.74, 6) is 1.13. The highest BCUT2D eigenvalue weighted by molar-refractivity contribution is 14.0. The van der Waals surface area contributed by atoms with Gasteiger partial charge >= 0.3 is 0 Å². The molecule has 0 amide bonds. The first-order valence-electron chi connectivity index (χ1n) is 10.1. The van der Waals surface area contributed by atoms with E-state index in [0.717, 1.165) is 57.9 Å². The number of aliphatic imine (C=N–C) groups is 1. The number of piperidine rings is 1. The maximum absolute atomic E-state index is 9.58. The molecule has 1 spiro atoms. The summed E-state index contributed by atoms with van der Waals surface area (Å²) in [5, 5.41) is 13.1. The third-order valence-electron chi connectivity index (χ3n) is 6.19. The van der Waals surface area contributed by atoms with Gasteiger partial charge in [0.25, 0.3) is 0 Å². The van der Waals surface area contributed by atoms with Crippen molar-refractivity contribution in [2.75, 3.05) is 45.8 Å². The number of likely N-dealkylation sites (tertiary alicyclic amines) is 2. The molecule has 2 N–H and O–H groups in total. The van der Waals surface area contributed by atoms with E-state index >= 15 is 0 Å². The SMILES string of the molecule is CCNC(=NCCCN1CCC(O)CC1)N1CCC2(CCCC2)C1.I. The summed E-state index contributed by atoms with van der Waals surface area (Å²) in [6.45, 7) is 9.60. The molecule has 0 aromatic heterocycles. The van der Waals surface area contributed by atoms with Gasteiger partial charge in [-0.15, -0.1) is 24.0 Å². The second-order valence-corrected chi connectivity index (χ2v) is 8.04. The summed E-state index contributed by atoms with van der Waals surface area (Å²) in [6, 6.07) is 0. The summed E-state index contributed by atoms with van der Waals surface area (Å²) in [6.07, 6.45) is 9.95. The third-order valence-corrected chi connectivity index (χ3v) is 6.19. The minimum Gasteiger partial charge on any atom is -0.393 e. The fourth-order valence-electron chi connectivity index (χ4n) is 4.70. The van der Waals surface area contributed by atoms with Gasteiger partial charge in [-0.2, -0.15) is 0 Å². The zero-order chi connectivity index (χ0) is 16.8. The molecule has 0 aromatic carbocycles. The number of nitrogens with zero attached hydrogens (tertiary/aromatic N) is 3. The molecule has 3 rings (SSSR count). The van der Waals surface area contributed by atoms with Crippen molar-refractivity contribution in [1.29, 1.82) is 0 Å². The van der Waals surface area contributed by atoms with E-state index in [1.165, 1.54) is 45.2 Å². The van der Waals surface area contributed by atoms with E-state index in [0.29, 0.717) is 5.41 Å². The molecule has 0 aromatic rings. The number of rotatable bonds is 5. The third kappa shape index (κ3) is 5.96. The molecule has 25 heavy (non-hydrogen) atoms. The minimum absolute atomic E-state index is 0. The Bertz CT molecular complexity index is 418. The second kappa shape index (κ2) is 10.3. The molecule has 2 saturated heterocycles. The van der Waals surface area contributed by atoms with Gasteiger partial charge in [0, 0.05) is 39.3 Å². The Morgan fingerprint density at radius 3 is 2.56 bits per heavy atom. The average molecular weight is 464 g/mol. The molecular formula is C19H37IN4O. The number of halogens is 1. The van der Waals surface area contributed by atoms with Crippen LogP contribution in [0.5, 0.6) is 0 Å². The van der Waals surface area contributed by atoms with Crippen LogP contribution in [0.15, 0.2) is 4.99 Å². The lowest BCUT2D eigenvalue weighted by molar-refractivity contribution is 0.0824. The lowest BCUT2D eigenvalue weighted by Crippen LogP contribution is -2.41. The highest BCUT2D eigenvalue weighted by Crippen LogP contribution is 2.45. The van der Waals surface area contributed by atoms with Crippen LogP contribution in [-0.2, 0) is 0 Å². The summed E-state index contributed by atoms with van der Waals surface area (Å²) >= 11 is 0. The lowest BCUT2D eigenvalue weighted by atomic mass is 9.86. The Labute approximate surface area is 170 Å². The fourth-order valence-corrected chi connectivity index (χ4v) is 4.70. The molecule has 3 aliphatic rings. The molecule has 6 heteroatoms. The van der Waals surface area contributed by atoms with Crippen LogP contribution in [0.1, 0.15) is 58.3 Å². The first-order chi connectivity index (χ1) is 11.7. The van der Waals surface area contributed by atoms with Gasteiger partial charge in [0.15, 0.2) is 5.96 Å². The van der Waals surface area contributed by atoms with Gasteiger partial charge in [-0.05, 0) is 57.4 Å². The predicted molar refractivity (Wildman–Crippen MR) is 115 cm³/mol. The monoisotopic (exact) mass is 464 g/mol. The standard InChI is InChI=1S/C19H36N4O.HI/c1-2-20-18(23-15-10-19(16-23)8-3-4-9-19)21-11-5-12-22-13-6-17(24)7-14-22;/h17,24H,2-16H2,1H3,(H,20,21);1H. The number of nitrogens with one attached hydrogen (secondary N) is 1. The highest BCUT2D eigenvalue weighted by atomic mass is 127. The van der Waals surface area contributed by atoms with Gasteiger partial charge in [0.1, 0.15) is 0 Å². The smallest absolute Gasteiger partial charge is 0.193 e. The predicted octanol–water partition coefficient (Wildman–Crippen LogP) is 2.68. The van der Waals surface area contributed by atoms with Crippen molar-refractivity contribution in [3.05, 3.63) is 0 Å². The van der Waals surface area contributed by atoms with Gasteiger partial charge in [-0.1, -0.05) is 12.8 Å². The van der Waals surface area contributed by atoms with Crippen LogP contribution in [0.4, 0.5) is 0 Å². The number of aliphatic hydroxyl groups is 1. The van der Waals surface area contributed by atoms with Crippen molar-refractivity contribution in [3.8, 4) is 0 Å². The number of hydrogen-bond acceptors (Lipinski definition) is 3. The molecule has 3 fully saturated rings. The van der Waals surface area contributed by atoms with Crippen LogP contribution >= 0.6 is 24.0 Å². The van der Waals surface area contributed by atoms with Gasteiger partial charge < -0.3 is 20.2 Å². The number of guanidine groups is 1. The maximum Gasteiger partial charge on any atom is 0.193 e. The molecule has 0 atom stereocenters. The first kappa shape index (κ1) is 21.2. The van der Waals surface area contributed by atoms with E-state index in [1.807, 2.05) is 0 Å².